The quantitative estimate of drug-likeness (QED) is 0.605. The molecule has 1 atom stereocenters. The molecular formula is C10H22N2O. The van der Waals surface area contributed by atoms with Crippen LogP contribution >= 0.6 is 0 Å². The Morgan fingerprint density at radius 3 is 2.77 bits per heavy atom. The molecule has 0 spiro atoms. The molecule has 0 saturated carbocycles. The number of rotatable bonds is 7. The van der Waals surface area contributed by atoms with Crippen molar-refractivity contribution < 1.29 is 6.17 Å². The van der Waals surface area contributed by atoms with Gasteiger partial charge in [0.15, 0.2) is 0 Å². The van der Waals surface area contributed by atoms with Crippen molar-refractivity contribution in [3.63, 3.8) is 0 Å². The van der Waals surface area contributed by atoms with Gasteiger partial charge in [-0.15, -0.1) is 0 Å². The van der Waals surface area contributed by atoms with Crippen LogP contribution in [0.1, 0.15) is 34.5 Å². The normalized spacial score (nSPS) is 14.3. The number of ketones is 1. The van der Waals surface area contributed by atoms with E-state index in [-0.39, 0.29) is 11.8 Å². The molecule has 0 amide bonds. The molecule has 0 aromatic heterocycles. The fourth-order valence-corrected chi connectivity index (χ4v) is 1.06. The fourth-order valence-electron chi connectivity index (χ4n) is 1.06. The van der Waals surface area contributed by atoms with E-state index in [2.05, 4.69) is 11.8 Å². The summed E-state index contributed by atoms with van der Waals surface area (Å²) in [6.45, 7) is 5.44. The lowest BCUT2D eigenvalue weighted by Crippen LogP contribution is -2.28. The smallest absolute Gasteiger partial charge is 0.146 e. The highest BCUT2D eigenvalue weighted by Gasteiger charge is 2.06. The molecule has 0 heterocycles. The summed E-state index contributed by atoms with van der Waals surface area (Å²) in [7, 11) is 0.356. The molecule has 0 fully saturated rings. The minimum Gasteiger partial charge on any atom is -0.322 e. The van der Waals surface area contributed by atoms with Crippen molar-refractivity contribution in [2.24, 2.45) is 5.73 Å². The second-order valence-electron chi connectivity index (χ2n) is 3.42. The van der Waals surface area contributed by atoms with Gasteiger partial charge in [-0.2, -0.15) is 0 Å². The van der Waals surface area contributed by atoms with Crippen LogP contribution < -0.4 is 5.73 Å². The van der Waals surface area contributed by atoms with E-state index in [0.717, 1.165) is 32.4 Å². The van der Waals surface area contributed by atoms with E-state index in [1.165, 1.54) is 6.92 Å². The second kappa shape index (κ2) is 7.04. The summed E-state index contributed by atoms with van der Waals surface area (Å²) in [5, 5.41) is 0. The zero-order valence-electron chi connectivity index (χ0n) is 9.75. The number of unbranched alkanes of at least 4 members (excludes halogenated alkanes) is 1. The lowest BCUT2D eigenvalue weighted by atomic mass is 10.1. The van der Waals surface area contributed by atoms with Crippen molar-refractivity contribution in [3.05, 3.63) is 0 Å². The highest BCUT2D eigenvalue weighted by molar-refractivity contribution is 5.80. The first-order valence-electron chi connectivity index (χ1n) is 5.60. The van der Waals surface area contributed by atoms with Crippen LogP contribution in [0, 0.1) is 0 Å². The van der Waals surface area contributed by atoms with Crippen LogP contribution in [0.15, 0.2) is 0 Å². The third-order valence-corrected chi connectivity index (χ3v) is 2.21. The third kappa shape index (κ3) is 6.72. The lowest BCUT2D eigenvalue weighted by molar-refractivity contribution is -0.118. The molecule has 0 aliphatic carbocycles. The Kier molecular flexibility index (Phi) is 5.78. The molecule has 0 rings (SSSR count). The van der Waals surface area contributed by atoms with Gasteiger partial charge in [0, 0.05) is 1.37 Å². The molecule has 13 heavy (non-hydrogen) atoms. The Labute approximate surface area is 82.7 Å². The number of nitrogens with zero attached hydrogens (tertiary/aromatic N) is 1. The highest BCUT2D eigenvalue weighted by Crippen LogP contribution is 2.00. The van der Waals surface area contributed by atoms with Crippen LogP contribution in [-0.4, -0.2) is 36.8 Å². The number of hydrogen-bond acceptors (Lipinski definition) is 3. The fraction of sp³-hybridized carbons (Fsp3) is 0.900. The van der Waals surface area contributed by atoms with E-state index in [1.54, 1.807) is 0 Å². The maximum Gasteiger partial charge on any atom is 0.146 e. The molecule has 3 nitrogen and oxygen atoms in total. The summed E-state index contributed by atoms with van der Waals surface area (Å²) >= 11 is 0. The van der Waals surface area contributed by atoms with Gasteiger partial charge in [0.2, 0.25) is 0 Å². The molecule has 0 saturated heterocycles. The van der Waals surface area contributed by atoms with Crippen LogP contribution in [0.2, 0.25) is 0 Å². The monoisotopic (exact) mass is 187 g/mol. The van der Waals surface area contributed by atoms with Gasteiger partial charge in [-0.05, 0) is 39.9 Å². The summed E-state index contributed by atoms with van der Waals surface area (Å²) in [6, 6.07) is -0.291. The highest BCUT2D eigenvalue weighted by atomic mass is 16.1. The predicted octanol–water partition coefficient (Wildman–Crippen LogP) is 1.02. The van der Waals surface area contributed by atoms with Crippen LogP contribution in [-0.2, 0) is 4.79 Å². The Balaban J connectivity index is 3.41. The zero-order valence-corrected chi connectivity index (χ0v) is 8.75. The zero-order chi connectivity index (χ0) is 11.0. The summed E-state index contributed by atoms with van der Waals surface area (Å²) < 4.78 is 7.20. The van der Waals surface area contributed by atoms with Crippen LogP contribution in [0.3, 0.4) is 0 Å². The van der Waals surface area contributed by atoms with Gasteiger partial charge >= 0.3 is 0 Å². The SMILES string of the molecule is [2H]CN(CC)CCCCC(N)C(C)=O. The van der Waals surface area contributed by atoms with Crippen LogP contribution in [0.4, 0.5) is 0 Å². The molecule has 3 heteroatoms. The minimum atomic E-state index is -0.291. The first-order chi connectivity index (χ1) is 6.61. The molecule has 2 N–H and O–H groups in total. The maximum absolute atomic E-state index is 10.8. The molecule has 0 radical (unpaired) electrons. The average Bonchev–Trinajstić information content (AvgIpc) is 2.17. The van der Waals surface area contributed by atoms with E-state index >= 15 is 0 Å². The summed E-state index contributed by atoms with van der Waals surface area (Å²) in [5.41, 5.74) is 5.60. The Hall–Kier alpha value is -0.410. The van der Waals surface area contributed by atoms with Crippen molar-refractivity contribution >= 4 is 5.78 Å². The Morgan fingerprint density at radius 2 is 2.31 bits per heavy atom. The molecule has 78 valence electrons. The largest absolute Gasteiger partial charge is 0.322 e. The van der Waals surface area contributed by atoms with E-state index in [0.29, 0.717) is 7.02 Å². The van der Waals surface area contributed by atoms with Gasteiger partial charge in [-0.1, -0.05) is 13.3 Å². The second-order valence-corrected chi connectivity index (χ2v) is 3.42. The van der Waals surface area contributed by atoms with Gasteiger partial charge in [0.1, 0.15) is 5.78 Å². The first kappa shape index (κ1) is 10.7. The van der Waals surface area contributed by atoms with E-state index in [4.69, 9.17) is 7.10 Å². The maximum atomic E-state index is 10.8. The van der Waals surface area contributed by atoms with Gasteiger partial charge in [-0.25, -0.2) is 0 Å². The van der Waals surface area contributed by atoms with Gasteiger partial charge < -0.3 is 10.6 Å². The molecule has 0 aromatic rings. The number of hydrogen-bond donors (Lipinski definition) is 1. The summed E-state index contributed by atoms with van der Waals surface area (Å²) in [4.78, 5) is 12.9. The van der Waals surface area contributed by atoms with Crippen molar-refractivity contribution in [2.45, 2.75) is 39.2 Å². The number of nitrogens with two attached hydrogens (primary N) is 1. The number of carbonyl (C=O) groups excluding carboxylic acids is 1. The Morgan fingerprint density at radius 1 is 1.62 bits per heavy atom. The summed E-state index contributed by atoms with van der Waals surface area (Å²) in [6.07, 6.45) is 2.76. The molecule has 0 bridgehead atoms. The Bertz CT molecular complexity index is 160. The van der Waals surface area contributed by atoms with Crippen molar-refractivity contribution in [1.29, 1.82) is 0 Å². The molecule has 0 aliphatic rings. The molecule has 1 unspecified atom stereocenters. The lowest BCUT2D eigenvalue weighted by Gasteiger charge is -2.13. The standard InChI is InChI=1S/C10H22N2O/c1-4-12(3)8-6-5-7-10(11)9(2)13/h10H,4-8,11H2,1-3H3/i3D. The van der Waals surface area contributed by atoms with E-state index < -0.39 is 0 Å². The summed E-state index contributed by atoms with van der Waals surface area (Å²) in [5.74, 6) is 0.0674. The van der Waals surface area contributed by atoms with Crippen molar-refractivity contribution in [2.75, 3.05) is 20.1 Å². The first-order valence-corrected chi connectivity index (χ1v) is 4.89. The van der Waals surface area contributed by atoms with Crippen molar-refractivity contribution in [3.8, 4) is 0 Å². The van der Waals surface area contributed by atoms with Crippen LogP contribution in [0.5, 0.6) is 0 Å². The molecule has 0 aromatic carbocycles. The van der Waals surface area contributed by atoms with Gasteiger partial charge in [0.05, 0.1) is 6.04 Å². The van der Waals surface area contributed by atoms with Crippen molar-refractivity contribution in [1.82, 2.24) is 4.90 Å². The average molecular weight is 187 g/mol. The molecular weight excluding hydrogens is 164 g/mol. The van der Waals surface area contributed by atoms with E-state index in [1.807, 2.05) is 0 Å². The topological polar surface area (TPSA) is 46.3 Å². The minimum absolute atomic E-state index is 0.0674. The molecule has 0 aliphatic heterocycles. The van der Waals surface area contributed by atoms with Crippen LogP contribution in [0.25, 0.3) is 0 Å². The number of Topliss-reactive ketones (excluding diaryl/α,β-unsaturated/α-hetero) is 1. The number of carbonyl (C=O) groups is 1. The third-order valence-electron chi connectivity index (χ3n) is 2.21. The predicted molar refractivity (Wildman–Crippen MR) is 55.7 cm³/mol. The van der Waals surface area contributed by atoms with Gasteiger partial charge in [0.25, 0.3) is 0 Å². The van der Waals surface area contributed by atoms with Gasteiger partial charge in [-0.3, -0.25) is 4.79 Å². The van der Waals surface area contributed by atoms with E-state index in [9.17, 15) is 4.79 Å².